The van der Waals surface area contributed by atoms with Crippen molar-refractivity contribution < 1.29 is 9.53 Å². The molecule has 0 aromatic heterocycles. The van der Waals surface area contributed by atoms with Crippen molar-refractivity contribution in [2.24, 2.45) is 5.73 Å². The molecule has 1 rings (SSSR count). The predicted octanol–water partition coefficient (Wildman–Crippen LogP) is 2.06. The molecule has 3 nitrogen and oxygen atoms in total. The molecule has 2 N–H and O–H groups in total. The molecule has 0 aliphatic heterocycles. The summed E-state index contributed by atoms with van der Waals surface area (Å²) in [6, 6.07) is 8.13. The Kier molecular flexibility index (Phi) is 7.60. The first-order valence-electron chi connectivity index (χ1n) is 5.11. The van der Waals surface area contributed by atoms with Gasteiger partial charge < -0.3 is 10.5 Å². The maximum absolute atomic E-state index is 10.9. The fraction of sp³-hybridized carbons (Fsp3) is 0.417. The molecule has 16 heavy (non-hydrogen) atoms. The van der Waals surface area contributed by atoms with Gasteiger partial charge in [-0.15, -0.1) is 12.4 Å². The van der Waals surface area contributed by atoms with E-state index >= 15 is 0 Å². The molecule has 0 bridgehead atoms. The highest BCUT2D eigenvalue weighted by atomic mass is 35.5. The Morgan fingerprint density at radius 3 is 2.69 bits per heavy atom. The maximum atomic E-state index is 10.9. The minimum Gasteiger partial charge on any atom is -0.469 e. The number of carbonyl (C=O) groups excluding carboxylic acids is 1. The highest BCUT2D eigenvalue weighted by Gasteiger charge is 2.00. The molecule has 4 heteroatoms. The summed E-state index contributed by atoms with van der Waals surface area (Å²) in [7, 11) is 1.41. The van der Waals surface area contributed by atoms with Crippen LogP contribution in [0.1, 0.15) is 24.0 Å². The normalized spacial score (nSPS) is 9.38. The van der Waals surface area contributed by atoms with Crippen LogP contribution in [0.15, 0.2) is 24.3 Å². The molecule has 0 spiro atoms. The van der Waals surface area contributed by atoms with Gasteiger partial charge in [0.1, 0.15) is 0 Å². The lowest BCUT2D eigenvalue weighted by atomic mass is 10.1. The molecule has 0 aliphatic carbocycles. The number of hydrogen-bond acceptors (Lipinski definition) is 3. The number of nitrogens with two attached hydrogens (primary N) is 1. The number of halogens is 1. The highest BCUT2D eigenvalue weighted by molar-refractivity contribution is 5.85. The smallest absolute Gasteiger partial charge is 0.305 e. The zero-order valence-corrected chi connectivity index (χ0v) is 10.3. The summed E-state index contributed by atoms with van der Waals surface area (Å²) in [5, 5.41) is 0. The lowest BCUT2D eigenvalue weighted by Gasteiger charge is -2.03. The largest absolute Gasteiger partial charge is 0.469 e. The van der Waals surface area contributed by atoms with Crippen LogP contribution in [0.3, 0.4) is 0 Å². The average Bonchev–Trinajstić information content (AvgIpc) is 2.29. The van der Waals surface area contributed by atoms with Crippen LogP contribution in [0.5, 0.6) is 0 Å². The second-order valence-corrected chi connectivity index (χ2v) is 3.45. The molecule has 90 valence electrons. The third kappa shape index (κ3) is 5.14. The van der Waals surface area contributed by atoms with Crippen LogP contribution in [-0.2, 0) is 22.5 Å². The van der Waals surface area contributed by atoms with Gasteiger partial charge in [-0.05, 0) is 24.0 Å². The van der Waals surface area contributed by atoms with Gasteiger partial charge in [0.15, 0.2) is 0 Å². The second-order valence-electron chi connectivity index (χ2n) is 3.45. The van der Waals surface area contributed by atoms with E-state index in [9.17, 15) is 4.79 Å². The first kappa shape index (κ1) is 14.9. The monoisotopic (exact) mass is 243 g/mol. The summed E-state index contributed by atoms with van der Waals surface area (Å²) in [4.78, 5) is 10.9. The Bertz CT molecular complexity index is 329. The molecule has 0 fully saturated rings. The number of benzene rings is 1. The molecule has 0 atom stereocenters. The quantitative estimate of drug-likeness (QED) is 0.806. The molecule has 0 radical (unpaired) electrons. The number of hydrogen-bond donors (Lipinski definition) is 1. The summed E-state index contributed by atoms with van der Waals surface area (Å²) in [6.07, 6.45) is 2.19. The van der Waals surface area contributed by atoms with E-state index in [0.717, 1.165) is 18.4 Å². The maximum Gasteiger partial charge on any atom is 0.305 e. The summed E-state index contributed by atoms with van der Waals surface area (Å²) in [5.41, 5.74) is 7.90. The molecule has 1 aromatic carbocycles. The van der Waals surface area contributed by atoms with Gasteiger partial charge in [0, 0.05) is 13.0 Å². The molecule has 0 unspecified atom stereocenters. The minimum atomic E-state index is -0.148. The van der Waals surface area contributed by atoms with Gasteiger partial charge in [0.25, 0.3) is 0 Å². The highest BCUT2D eigenvalue weighted by Crippen LogP contribution is 2.08. The van der Waals surface area contributed by atoms with Crippen molar-refractivity contribution in [1.29, 1.82) is 0 Å². The Balaban J connectivity index is 0.00000225. The summed E-state index contributed by atoms with van der Waals surface area (Å²) >= 11 is 0. The minimum absolute atomic E-state index is 0. The van der Waals surface area contributed by atoms with Crippen LogP contribution in [0.2, 0.25) is 0 Å². The average molecular weight is 244 g/mol. The lowest BCUT2D eigenvalue weighted by Crippen LogP contribution is -2.01. The van der Waals surface area contributed by atoms with Crippen molar-refractivity contribution in [2.75, 3.05) is 7.11 Å². The number of rotatable bonds is 5. The van der Waals surface area contributed by atoms with E-state index in [2.05, 4.69) is 16.9 Å². The molecule has 0 heterocycles. The van der Waals surface area contributed by atoms with Crippen LogP contribution >= 0.6 is 12.4 Å². The van der Waals surface area contributed by atoms with Gasteiger partial charge in [-0.3, -0.25) is 4.79 Å². The van der Waals surface area contributed by atoms with Crippen molar-refractivity contribution >= 4 is 18.4 Å². The molecule has 0 saturated heterocycles. The van der Waals surface area contributed by atoms with Crippen LogP contribution in [0, 0.1) is 0 Å². The third-order valence-electron chi connectivity index (χ3n) is 2.30. The zero-order chi connectivity index (χ0) is 11.1. The van der Waals surface area contributed by atoms with Crippen LogP contribution in [0.25, 0.3) is 0 Å². The summed E-state index contributed by atoms with van der Waals surface area (Å²) in [5.74, 6) is -0.148. The van der Waals surface area contributed by atoms with Gasteiger partial charge in [-0.2, -0.15) is 0 Å². The van der Waals surface area contributed by atoms with Gasteiger partial charge in [-0.25, -0.2) is 0 Å². The summed E-state index contributed by atoms with van der Waals surface area (Å²) < 4.78 is 4.57. The SMILES string of the molecule is COC(=O)CCCc1cccc(CN)c1.Cl. The molecule has 0 amide bonds. The second kappa shape index (κ2) is 8.13. The van der Waals surface area contributed by atoms with Crippen molar-refractivity contribution in [2.45, 2.75) is 25.8 Å². The van der Waals surface area contributed by atoms with Gasteiger partial charge in [-0.1, -0.05) is 24.3 Å². The van der Waals surface area contributed by atoms with Gasteiger partial charge in [0.05, 0.1) is 7.11 Å². The fourth-order valence-electron chi connectivity index (χ4n) is 1.45. The number of aryl methyl sites for hydroxylation is 1. The first-order chi connectivity index (χ1) is 7.26. The predicted molar refractivity (Wildman–Crippen MR) is 66.5 cm³/mol. The van der Waals surface area contributed by atoms with E-state index < -0.39 is 0 Å². The van der Waals surface area contributed by atoms with E-state index in [1.54, 1.807) is 0 Å². The first-order valence-corrected chi connectivity index (χ1v) is 5.11. The Morgan fingerprint density at radius 1 is 1.38 bits per heavy atom. The molecular formula is C12H18ClNO2. The van der Waals surface area contributed by atoms with Crippen molar-refractivity contribution in [1.82, 2.24) is 0 Å². The summed E-state index contributed by atoms with van der Waals surface area (Å²) in [6.45, 7) is 0.560. The van der Waals surface area contributed by atoms with Crippen LogP contribution < -0.4 is 5.73 Å². The zero-order valence-electron chi connectivity index (χ0n) is 9.44. The lowest BCUT2D eigenvalue weighted by molar-refractivity contribution is -0.140. The molecule has 0 saturated carbocycles. The van der Waals surface area contributed by atoms with Gasteiger partial charge >= 0.3 is 5.97 Å². The standard InChI is InChI=1S/C12H17NO2.ClH/c1-15-12(14)7-3-5-10-4-2-6-11(8-10)9-13;/h2,4,6,8H,3,5,7,9,13H2,1H3;1H. The van der Waals surface area contributed by atoms with Crippen LogP contribution in [0.4, 0.5) is 0 Å². The van der Waals surface area contributed by atoms with E-state index in [4.69, 9.17) is 5.73 Å². The van der Waals surface area contributed by atoms with Crippen molar-refractivity contribution in [3.05, 3.63) is 35.4 Å². The fourth-order valence-corrected chi connectivity index (χ4v) is 1.45. The Labute approximate surface area is 102 Å². The molecule has 0 aliphatic rings. The van der Waals surface area contributed by atoms with Crippen molar-refractivity contribution in [3.8, 4) is 0 Å². The number of carbonyl (C=O) groups is 1. The molecular weight excluding hydrogens is 226 g/mol. The number of ether oxygens (including phenoxy) is 1. The van der Waals surface area contributed by atoms with E-state index in [1.165, 1.54) is 12.7 Å². The van der Waals surface area contributed by atoms with Gasteiger partial charge in [0.2, 0.25) is 0 Å². The van der Waals surface area contributed by atoms with E-state index in [0.29, 0.717) is 13.0 Å². The third-order valence-corrected chi connectivity index (χ3v) is 2.30. The Morgan fingerprint density at radius 2 is 2.06 bits per heavy atom. The van der Waals surface area contributed by atoms with E-state index in [-0.39, 0.29) is 18.4 Å². The number of methoxy groups -OCH3 is 1. The van der Waals surface area contributed by atoms with Crippen molar-refractivity contribution in [3.63, 3.8) is 0 Å². The number of esters is 1. The van der Waals surface area contributed by atoms with Crippen LogP contribution in [-0.4, -0.2) is 13.1 Å². The molecule has 1 aromatic rings. The Hall–Kier alpha value is -1.06. The van der Waals surface area contributed by atoms with E-state index in [1.807, 2.05) is 12.1 Å². The topological polar surface area (TPSA) is 52.3 Å².